The van der Waals surface area contributed by atoms with Crippen LogP contribution in [0.25, 0.3) is 0 Å². The van der Waals surface area contributed by atoms with E-state index in [1.807, 2.05) is 61.5 Å². The van der Waals surface area contributed by atoms with Gasteiger partial charge in [-0.1, -0.05) is 36.4 Å². The number of nitrogens with two attached hydrogens (primary N) is 1. The molecule has 2 heteroatoms. The van der Waals surface area contributed by atoms with Crippen molar-refractivity contribution in [3.63, 3.8) is 0 Å². The van der Waals surface area contributed by atoms with E-state index in [1.54, 1.807) is 0 Å². The fourth-order valence-electron chi connectivity index (χ4n) is 1.01. The van der Waals surface area contributed by atoms with Crippen LogP contribution in [0.4, 0.5) is 5.69 Å². The second-order valence-corrected chi connectivity index (χ2v) is 3.71. The second-order valence-electron chi connectivity index (χ2n) is 3.19. The highest BCUT2D eigenvalue weighted by atomic mass is 32.1. The van der Waals surface area contributed by atoms with Crippen molar-refractivity contribution in [2.24, 2.45) is 0 Å². The Morgan fingerprint density at radius 3 is 1.73 bits per heavy atom. The number of nitrogen functional groups attached to an aromatic ring is 1. The fraction of sp³-hybridized carbons (Fsp3) is 0.0769. The molecule has 0 heterocycles. The maximum atomic E-state index is 5.52. The molecule has 2 aromatic rings. The summed E-state index contributed by atoms with van der Waals surface area (Å²) >= 11 is 4.08. The van der Waals surface area contributed by atoms with Gasteiger partial charge >= 0.3 is 0 Å². The number of rotatable bonds is 0. The number of thiol groups is 1. The van der Waals surface area contributed by atoms with Crippen molar-refractivity contribution in [1.29, 1.82) is 0 Å². The van der Waals surface area contributed by atoms with Crippen molar-refractivity contribution >= 4 is 18.3 Å². The molecule has 0 unspecified atom stereocenters. The van der Waals surface area contributed by atoms with Crippen molar-refractivity contribution in [2.45, 2.75) is 11.8 Å². The van der Waals surface area contributed by atoms with Gasteiger partial charge in [0.1, 0.15) is 0 Å². The van der Waals surface area contributed by atoms with E-state index in [1.165, 1.54) is 0 Å². The molecule has 0 aliphatic heterocycles. The Hall–Kier alpha value is -1.41. The van der Waals surface area contributed by atoms with Crippen LogP contribution in [0.3, 0.4) is 0 Å². The molecule has 0 spiro atoms. The minimum Gasteiger partial charge on any atom is -0.399 e. The summed E-state index contributed by atoms with van der Waals surface area (Å²) in [5.41, 5.74) is 7.53. The molecule has 1 nitrogen and oxygen atoms in total. The molecule has 78 valence electrons. The summed E-state index contributed by atoms with van der Waals surface area (Å²) in [5.74, 6) is 0. The lowest BCUT2D eigenvalue weighted by molar-refractivity contribution is 1.47. The average Bonchev–Trinajstić information content (AvgIpc) is 2.25. The smallest absolute Gasteiger partial charge is 0.0343 e. The molecule has 0 aromatic heterocycles. The zero-order valence-electron chi connectivity index (χ0n) is 8.72. The van der Waals surface area contributed by atoms with Gasteiger partial charge in [-0.15, -0.1) is 12.6 Å². The first kappa shape index (κ1) is 11.7. The summed E-state index contributed by atoms with van der Waals surface area (Å²) in [5, 5.41) is 0. The topological polar surface area (TPSA) is 26.0 Å². The quantitative estimate of drug-likeness (QED) is 0.512. The van der Waals surface area contributed by atoms with Crippen molar-refractivity contribution in [3.05, 3.63) is 60.2 Å². The molecule has 0 atom stereocenters. The zero-order chi connectivity index (χ0) is 11.1. The largest absolute Gasteiger partial charge is 0.399 e. The Morgan fingerprint density at radius 2 is 1.40 bits per heavy atom. The molecule has 0 saturated heterocycles. The highest BCUT2D eigenvalue weighted by Gasteiger charge is 1.84. The van der Waals surface area contributed by atoms with Crippen LogP contribution in [0.2, 0.25) is 0 Å². The van der Waals surface area contributed by atoms with Crippen molar-refractivity contribution in [1.82, 2.24) is 0 Å². The number of para-hydroxylation sites is 1. The SMILES string of the molecule is Cc1ccccc1N.Sc1ccccc1. The van der Waals surface area contributed by atoms with Crippen molar-refractivity contribution in [2.75, 3.05) is 5.73 Å². The molecular formula is C13H15NS. The molecule has 15 heavy (non-hydrogen) atoms. The molecule has 0 saturated carbocycles. The van der Waals surface area contributed by atoms with Gasteiger partial charge in [0.05, 0.1) is 0 Å². The molecule has 0 aliphatic carbocycles. The zero-order valence-corrected chi connectivity index (χ0v) is 9.62. The first-order valence-corrected chi connectivity index (χ1v) is 5.20. The van der Waals surface area contributed by atoms with Gasteiger partial charge in [-0.25, -0.2) is 0 Å². The van der Waals surface area contributed by atoms with Gasteiger partial charge in [0.2, 0.25) is 0 Å². The van der Waals surface area contributed by atoms with Gasteiger partial charge in [-0.05, 0) is 30.7 Å². The lowest BCUT2D eigenvalue weighted by Crippen LogP contribution is -1.85. The molecule has 0 bridgehead atoms. The minimum atomic E-state index is 0.868. The molecule has 2 aromatic carbocycles. The maximum absolute atomic E-state index is 5.52. The average molecular weight is 217 g/mol. The van der Waals surface area contributed by atoms with E-state index in [2.05, 4.69) is 12.6 Å². The Balaban J connectivity index is 0.000000151. The van der Waals surface area contributed by atoms with Crippen LogP contribution < -0.4 is 5.73 Å². The van der Waals surface area contributed by atoms with Crippen LogP contribution in [-0.2, 0) is 0 Å². The normalized spacial score (nSPS) is 8.93. The second kappa shape index (κ2) is 6.14. The predicted molar refractivity (Wildman–Crippen MR) is 69.3 cm³/mol. The highest BCUT2D eigenvalue weighted by molar-refractivity contribution is 7.80. The number of benzene rings is 2. The van der Waals surface area contributed by atoms with Crippen molar-refractivity contribution < 1.29 is 0 Å². The predicted octanol–water partition coefficient (Wildman–Crippen LogP) is 3.55. The number of hydrogen-bond donors (Lipinski definition) is 2. The summed E-state index contributed by atoms with van der Waals surface area (Å²) in [4.78, 5) is 1.02. The first-order valence-electron chi connectivity index (χ1n) is 4.75. The summed E-state index contributed by atoms with van der Waals surface area (Å²) in [6, 6.07) is 17.6. The number of anilines is 1. The van der Waals surface area contributed by atoms with E-state index >= 15 is 0 Å². The van der Waals surface area contributed by atoms with Crippen molar-refractivity contribution in [3.8, 4) is 0 Å². The third-order valence-corrected chi connectivity index (χ3v) is 2.24. The standard InChI is InChI=1S/C7H9N.C6H6S/c1-6-4-2-3-5-7(6)8;7-6-4-2-1-3-5-6/h2-5H,8H2,1H3;1-5,7H. The molecule has 0 fully saturated rings. The maximum Gasteiger partial charge on any atom is 0.0343 e. The third kappa shape index (κ3) is 4.56. The van der Waals surface area contributed by atoms with Gasteiger partial charge in [-0.2, -0.15) is 0 Å². The van der Waals surface area contributed by atoms with Gasteiger partial charge in [0.25, 0.3) is 0 Å². The van der Waals surface area contributed by atoms with E-state index in [-0.39, 0.29) is 0 Å². The summed E-state index contributed by atoms with van der Waals surface area (Å²) in [6.07, 6.45) is 0. The first-order chi connectivity index (χ1) is 7.20. The van der Waals surface area contributed by atoms with Crippen LogP contribution in [0.1, 0.15) is 5.56 Å². The van der Waals surface area contributed by atoms with E-state index < -0.39 is 0 Å². The van der Waals surface area contributed by atoms with Gasteiger partial charge in [0.15, 0.2) is 0 Å². The minimum absolute atomic E-state index is 0.868. The number of aryl methyl sites for hydroxylation is 1. The molecule has 2 rings (SSSR count). The van der Waals surface area contributed by atoms with E-state index in [0.29, 0.717) is 0 Å². The van der Waals surface area contributed by atoms with Gasteiger partial charge in [0, 0.05) is 10.6 Å². The van der Waals surface area contributed by atoms with Gasteiger partial charge in [-0.3, -0.25) is 0 Å². The highest BCUT2D eigenvalue weighted by Crippen LogP contribution is 2.06. The summed E-state index contributed by atoms with van der Waals surface area (Å²) in [7, 11) is 0. The summed E-state index contributed by atoms with van der Waals surface area (Å²) < 4.78 is 0. The summed E-state index contributed by atoms with van der Waals surface area (Å²) in [6.45, 7) is 2.00. The van der Waals surface area contributed by atoms with E-state index in [9.17, 15) is 0 Å². The third-order valence-electron chi connectivity index (χ3n) is 1.94. The Kier molecular flexibility index (Phi) is 4.78. The van der Waals surface area contributed by atoms with Crippen LogP contribution >= 0.6 is 12.6 Å². The van der Waals surface area contributed by atoms with E-state index in [0.717, 1.165) is 16.1 Å². The van der Waals surface area contributed by atoms with Crippen LogP contribution in [0.5, 0.6) is 0 Å². The van der Waals surface area contributed by atoms with Gasteiger partial charge < -0.3 is 5.73 Å². The lowest BCUT2D eigenvalue weighted by Gasteiger charge is -1.93. The number of hydrogen-bond acceptors (Lipinski definition) is 2. The molecule has 0 amide bonds. The van der Waals surface area contributed by atoms with Crippen LogP contribution in [0.15, 0.2) is 59.5 Å². The van der Waals surface area contributed by atoms with Crippen LogP contribution in [-0.4, -0.2) is 0 Å². The molecule has 0 aliphatic rings. The Labute approximate surface area is 96.4 Å². The fourth-order valence-corrected chi connectivity index (χ4v) is 1.19. The van der Waals surface area contributed by atoms with Crippen LogP contribution in [0, 0.1) is 6.92 Å². The Bertz CT molecular complexity index is 377. The van der Waals surface area contributed by atoms with E-state index in [4.69, 9.17) is 5.73 Å². The monoisotopic (exact) mass is 217 g/mol. The molecule has 0 radical (unpaired) electrons. The Morgan fingerprint density at radius 1 is 0.867 bits per heavy atom. The molecule has 2 N–H and O–H groups in total. The molecular weight excluding hydrogens is 202 g/mol. The lowest BCUT2D eigenvalue weighted by atomic mass is 10.2.